The Balaban J connectivity index is 4.43. The molecule has 0 spiro atoms. The predicted molar refractivity (Wildman–Crippen MR) is 55.2 cm³/mol. The molecule has 0 saturated heterocycles. The van der Waals surface area contributed by atoms with E-state index in [1.807, 2.05) is 6.08 Å². The molecule has 0 aliphatic carbocycles. The highest BCUT2D eigenvalue weighted by molar-refractivity contribution is 5.00. The molecule has 72 valence electrons. The van der Waals surface area contributed by atoms with Crippen molar-refractivity contribution < 1.29 is 0 Å². The van der Waals surface area contributed by atoms with Crippen molar-refractivity contribution in [3.63, 3.8) is 0 Å². The number of nitrogens with two attached hydrogens (primary N) is 1. The molecule has 12 heavy (non-hydrogen) atoms. The van der Waals surface area contributed by atoms with Crippen molar-refractivity contribution in [2.75, 3.05) is 13.1 Å². The summed E-state index contributed by atoms with van der Waals surface area (Å²) in [5.41, 5.74) is 5.96. The number of rotatable bonds is 5. The molecule has 2 nitrogen and oxygen atoms in total. The van der Waals surface area contributed by atoms with Crippen LogP contribution in [0.1, 0.15) is 27.7 Å². The van der Waals surface area contributed by atoms with Crippen molar-refractivity contribution in [3.05, 3.63) is 12.7 Å². The molecule has 0 bridgehead atoms. The zero-order valence-corrected chi connectivity index (χ0v) is 8.80. The van der Waals surface area contributed by atoms with Crippen molar-refractivity contribution in [2.24, 2.45) is 5.73 Å². The van der Waals surface area contributed by atoms with Gasteiger partial charge in [0, 0.05) is 11.6 Å². The van der Waals surface area contributed by atoms with Crippen molar-refractivity contribution in [1.29, 1.82) is 0 Å². The molecule has 0 radical (unpaired) electrons. The van der Waals surface area contributed by atoms with Crippen LogP contribution in [0.15, 0.2) is 12.7 Å². The van der Waals surface area contributed by atoms with Crippen molar-refractivity contribution in [2.45, 2.75) is 39.3 Å². The normalized spacial score (nSPS) is 14.8. The minimum Gasteiger partial charge on any atom is -0.323 e. The van der Waals surface area contributed by atoms with E-state index in [-0.39, 0.29) is 11.6 Å². The molecular weight excluding hydrogens is 148 g/mol. The van der Waals surface area contributed by atoms with Gasteiger partial charge in [0.25, 0.3) is 0 Å². The van der Waals surface area contributed by atoms with E-state index in [4.69, 9.17) is 5.73 Å². The van der Waals surface area contributed by atoms with Crippen molar-refractivity contribution in [1.82, 2.24) is 4.90 Å². The van der Waals surface area contributed by atoms with E-state index in [0.29, 0.717) is 0 Å². The van der Waals surface area contributed by atoms with Crippen LogP contribution < -0.4 is 5.73 Å². The standard InChI is InChI=1S/C10H22N2/c1-6-9(11)10(4,5)12(7-2)8-3/h6,9H,1,7-8,11H2,2-5H3. The molecule has 2 N–H and O–H groups in total. The maximum absolute atomic E-state index is 5.94. The molecule has 0 aliphatic heterocycles. The molecule has 0 fully saturated rings. The summed E-state index contributed by atoms with van der Waals surface area (Å²) in [7, 11) is 0. The SMILES string of the molecule is C=CC(N)C(C)(C)N(CC)CC. The first-order valence-corrected chi connectivity index (χ1v) is 4.63. The fourth-order valence-corrected chi connectivity index (χ4v) is 1.54. The monoisotopic (exact) mass is 170 g/mol. The van der Waals surface area contributed by atoms with Crippen LogP contribution in [0.4, 0.5) is 0 Å². The molecule has 0 aromatic heterocycles. The maximum Gasteiger partial charge on any atom is 0.0403 e. The van der Waals surface area contributed by atoms with E-state index >= 15 is 0 Å². The molecule has 0 rings (SSSR count). The summed E-state index contributed by atoms with van der Waals surface area (Å²) in [6.07, 6.45) is 1.82. The van der Waals surface area contributed by atoms with Gasteiger partial charge < -0.3 is 5.73 Å². The third kappa shape index (κ3) is 2.32. The van der Waals surface area contributed by atoms with Gasteiger partial charge in [-0.25, -0.2) is 0 Å². The maximum atomic E-state index is 5.94. The minimum absolute atomic E-state index is 0.0191. The first kappa shape index (κ1) is 11.7. The molecular formula is C10H22N2. The Bertz CT molecular complexity index is 137. The van der Waals surface area contributed by atoms with Crippen LogP contribution in [0, 0.1) is 0 Å². The molecule has 1 atom stereocenters. The highest BCUT2D eigenvalue weighted by Crippen LogP contribution is 2.17. The van der Waals surface area contributed by atoms with Gasteiger partial charge in [-0.1, -0.05) is 19.9 Å². The summed E-state index contributed by atoms with van der Waals surface area (Å²) in [4.78, 5) is 2.35. The van der Waals surface area contributed by atoms with E-state index in [0.717, 1.165) is 13.1 Å². The van der Waals surface area contributed by atoms with Gasteiger partial charge in [0.05, 0.1) is 0 Å². The van der Waals surface area contributed by atoms with Crippen LogP contribution in [-0.2, 0) is 0 Å². The van der Waals surface area contributed by atoms with Gasteiger partial charge in [-0.3, -0.25) is 4.90 Å². The second-order valence-electron chi connectivity index (χ2n) is 3.59. The summed E-state index contributed by atoms with van der Waals surface area (Å²) < 4.78 is 0. The van der Waals surface area contributed by atoms with Crippen LogP contribution >= 0.6 is 0 Å². The second kappa shape index (κ2) is 4.63. The molecule has 0 aromatic rings. The highest BCUT2D eigenvalue weighted by Gasteiger charge is 2.29. The van der Waals surface area contributed by atoms with Gasteiger partial charge in [0.1, 0.15) is 0 Å². The summed E-state index contributed by atoms with van der Waals surface area (Å²) in [6.45, 7) is 14.4. The largest absolute Gasteiger partial charge is 0.323 e. The van der Waals surface area contributed by atoms with Gasteiger partial charge >= 0.3 is 0 Å². The van der Waals surface area contributed by atoms with Gasteiger partial charge in [0.15, 0.2) is 0 Å². The third-order valence-corrected chi connectivity index (χ3v) is 2.65. The summed E-state index contributed by atoms with van der Waals surface area (Å²) in [6, 6.07) is 0.0393. The number of hydrogen-bond donors (Lipinski definition) is 1. The fraction of sp³-hybridized carbons (Fsp3) is 0.800. The first-order valence-electron chi connectivity index (χ1n) is 4.63. The lowest BCUT2D eigenvalue weighted by molar-refractivity contribution is 0.122. The summed E-state index contributed by atoms with van der Waals surface area (Å²) in [5.74, 6) is 0. The van der Waals surface area contributed by atoms with Crippen molar-refractivity contribution >= 4 is 0 Å². The lowest BCUT2D eigenvalue weighted by Gasteiger charge is -2.40. The quantitative estimate of drug-likeness (QED) is 0.635. The van der Waals surface area contributed by atoms with E-state index in [9.17, 15) is 0 Å². The summed E-state index contributed by atoms with van der Waals surface area (Å²) in [5, 5.41) is 0. The molecule has 1 unspecified atom stereocenters. The second-order valence-corrected chi connectivity index (χ2v) is 3.59. The molecule has 0 amide bonds. The number of likely N-dealkylation sites (N-methyl/N-ethyl adjacent to an activating group) is 1. The third-order valence-electron chi connectivity index (χ3n) is 2.65. The van der Waals surface area contributed by atoms with Crippen LogP contribution in [0.5, 0.6) is 0 Å². The Morgan fingerprint density at radius 3 is 2.08 bits per heavy atom. The van der Waals surface area contributed by atoms with Crippen molar-refractivity contribution in [3.8, 4) is 0 Å². The van der Waals surface area contributed by atoms with E-state index in [1.54, 1.807) is 0 Å². The Labute approximate surface area is 76.4 Å². The number of hydrogen-bond acceptors (Lipinski definition) is 2. The van der Waals surface area contributed by atoms with E-state index in [1.165, 1.54) is 0 Å². The predicted octanol–water partition coefficient (Wildman–Crippen LogP) is 1.62. The van der Waals surface area contributed by atoms with Crippen LogP contribution in [-0.4, -0.2) is 29.6 Å². The van der Waals surface area contributed by atoms with Crippen LogP contribution in [0.2, 0.25) is 0 Å². The lowest BCUT2D eigenvalue weighted by Crippen LogP contribution is -2.55. The molecule has 2 heteroatoms. The van der Waals surface area contributed by atoms with Crippen LogP contribution in [0.25, 0.3) is 0 Å². The zero-order valence-electron chi connectivity index (χ0n) is 8.80. The van der Waals surface area contributed by atoms with Gasteiger partial charge in [-0.15, -0.1) is 6.58 Å². The molecule has 0 saturated carbocycles. The molecule has 0 aliphatic rings. The molecule has 0 aromatic carbocycles. The fourth-order valence-electron chi connectivity index (χ4n) is 1.54. The lowest BCUT2D eigenvalue weighted by atomic mass is 9.93. The first-order chi connectivity index (χ1) is 5.50. The van der Waals surface area contributed by atoms with Gasteiger partial charge in [-0.05, 0) is 26.9 Å². The Hall–Kier alpha value is -0.340. The minimum atomic E-state index is 0.0191. The summed E-state index contributed by atoms with van der Waals surface area (Å²) >= 11 is 0. The molecule has 0 heterocycles. The van der Waals surface area contributed by atoms with E-state index in [2.05, 4.69) is 39.2 Å². The van der Waals surface area contributed by atoms with Crippen LogP contribution in [0.3, 0.4) is 0 Å². The Morgan fingerprint density at radius 2 is 1.83 bits per heavy atom. The van der Waals surface area contributed by atoms with E-state index < -0.39 is 0 Å². The van der Waals surface area contributed by atoms with Gasteiger partial charge in [-0.2, -0.15) is 0 Å². The highest BCUT2D eigenvalue weighted by atomic mass is 15.2. The number of nitrogens with zero attached hydrogens (tertiary/aromatic N) is 1. The zero-order chi connectivity index (χ0) is 9.78. The Kier molecular flexibility index (Phi) is 4.50. The van der Waals surface area contributed by atoms with Gasteiger partial charge in [0.2, 0.25) is 0 Å². The Morgan fingerprint density at radius 1 is 1.42 bits per heavy atom. The smallest absolute Gasteiger partial charge is 0.0403 e. The topological polar surface area (TPSA) is 29.3 Å². The average Bonchev–Trinajstić information content (AvgIpc) is 2.04. The average molecular weight is 170 g/mol.